The van der Waals surface area contributed by atoms with Crippen LogP contribution in [0.1, 0.15) is 129 Å². The number of nitrogens with zero attached hydrogens (tertiary/aromatic N) is 2. The fraction of sp³-hybridized carbons (Fsp3) is 0.275. The molecule has 0 saturated carbocycles. The van der Waals surface area contributed by atoms with E-state index in [1.165, 1.54) is 90.7 Å². The van der Waals surface area contributed by atoms with E-state index in [0.717, 1.165) is 61.2 Å². The van der Waals surface area contributed by atoms with Crippen molar-refractivity contribution in [3.05, 3.63) is 185 Å². The molecule has 2 aliphatic carbocycles. The van der Waals surface area contributed by atoms with Crippen LogP contribution in [-0.4, -0.2) is 6.85 Å². The Hall–Kier alpha value is -7.24. The van der Waals surface area contributed by atoms with Gasteiger partial charge in [-0.2, -0.15) is 0 Å². The molecule has 2 aromatic heterocycles. The first-order chi connectivity index (χ1) is 35.2. The Labute approximate surface area is 437 Å². The average Bonchev–Trinajstić information content (AvgIpc) is 4.05. The third kappa shape index (κ3) is 6.34. The first kappa shape index (κ1) is 45.4. The van der Waals surface area contributed by atoms with Crippen molar-refractivity contribution < 1.29 is 8.83 Å². The molecule has 14 rings (SSSR count). The summed E-state index contributed by atoms with van der Waals surface area (Å²) in [4.78, 5) is 5.26. The van der Waals surface area contributed by atoms with Crippen molar-refractivity contribution >= 4 is 79.1 Å². The topological polar surface area (TPSA) is 32.8 Å². The smallest absolute Gasteiger partial charge is 0.333 e. The lowest BCUT2D eigenvalue weighted by atomic mass is 9.43. The van der Waals surface area contributed by atoms with E-state index in [1.54, 1.807) is 0 Å². The van der Waals surface area contributed by atoms with E-state index < -0.39 is 0 Å². The van der Waals surface area contributed by atoms with E-state index in [4.69, 9.17) is 8.83 Å². The van der Waals surface area contributed by atoms with E-state index in [-0.39, 0.29) is 33.9 Å². The van der Waals surface area contributed by atoms with E-state index in [0.29, 0.717) is 0 Å². The summed E-state index contributed by atoms with van der Waals surface area (Å²) in [6.45, 7) is 28.4. The van der Waals surface area contributed by atoms with Crippen molar-refractivity contribution in [3.63, 3.8) is 0 Å². The van der Waals surface area contributed by atoms with Crippen LogP contribution < -0.4 is 20.6 Å². The summed E-state index contributed by atoms with van der Waals surface area (Å²) in [7, 11) is 0. The van der Waals surface area contributed by atoms with Crippen LogP contribution in [0.25, 0.3) is 66.3 Å². The molecule has 0 N–H and O–H groups in total. The summed E-state index contributed by atoms with van der Waals surface area (Å²) in [5.74, 6) is 0. The van der Waals surface area contributed by atoms with Crippen molar-refractivity contribution in [3.8, 4) is 33.4 Å². The molecule has 0 unspecified atom stereocenters. The van der Waals surface area contributed by atoms with Gasteiger partial charge in [0.2, 0.25) is 0 Å². The first-order valence-corrected chi connectivity index (χ1v) is 27.0. The van der Waals surface area contributed by atoms with Gasteiger partial charge >= 0.3 is 6.85 Å². The lowest BCUT2D eigenvalue weighted by Crippen LogP contribution is -2.61. The number of hydrogen-bond acceptors (Lipinski definition) is 4. The number of fused-ring (bicyclic) bond motifs is 13. The van der Waals surface area contributed by atoms with Gasteiger partial charge in [-0.25, -0.2) is 0 Å². The third-order valence-electron chi connectivity index (χ3n) is 18.1. The van der Waals surface area contributed by atoms with Gasteiger partial charge in [-0.05, 0) is 168 Å². The molecule has 4 nitrogen and oxygen atoms in total. The zero-order chi connectivity index (χ0) is 51.2. The van der Waals surface area contributed by atoms with Crippen molar-refractivity contribution in [2.75, 3.05) is 9.71 Å². The van der Waals surface area contributed by atoms with Crippen molar-refractivity contribution in [1.82, 2.24) is 0 Å². The van der Waals surface area contributed by atoms with E-state index in [2.05, 4.69) is 238 Å². The molecule has 74 heavy (non-hydrogen) atoms. The molecule has 0 fully saturated rings. The highest BCUT2D eigenvalue weighted by Crippen LogP contribution is 2.59. The molecular weight excluding hydrogens is 900 g/mol. The minimum atomic E-state index is -0.251. The van der Waals surface area contributed by atoms with Crippen LogP contribution in [0.3, 0.4) is 0 Å². The maximum absolute atomic E-state index is 7.31. The second-order valence-electron chi connectivity index (χ2n) is 26.0. The Morgan fingerprint density at radius 1 is 0.500 bits per heavy atom. The molecule has 0 amide bonds. The van der Waals surface area contributed by atoms with Gasteiger partial charge in [-0.3, -0.25) is 0 Å². The first-order valence-electron chi connectivity index (χ1n) is 27.0. The molecule has 4 heterocycles. The lowest BCUT2D eigenvalue weighted by molar-refractivity contribution is 0.331. The number of anilines is 5. The Kier molecular flexibility index (Phi) is 9.18. The monoisotopic (exact) mass is 965 g/mol. The SMILES string of the molecule is CC(C)(C)c1ccc(N2B3c4cc5occc5cc4N(c4ccc(C(C)(C)C)cc4-c4ccccc4)c4cc5c(oc6ccccc65)c(c43)-c3cc4c(cc32)C(C)(C)c2cc3c(cc2-4)C(C)(C)CCC3(C)C)cc1. The lowest BCUT2D eigenvalue weighted by Gasteiger charge is -2.46. The molecule has 2 aliphatic heterocycles. The van der Waals surface area contributed by atoms with Gasteiger partial charge in [-0.15, -0.1) is 0 Å². The number of para-hydroxylation sites is 1. The predicted molar refractivity (Wildman–Crippen MR) is 313 cm³/mol. The number of hydrogen-bond donors (Lipinski definition) is 0. The third-order valence-corrected chi connectivity index (χ3v) is 18.1. The molecule has 0 atom stereocenters. The highest BCUT2D eigenvalue weighted by Gasteiger charge is 2.50. The Morgan fingerprint density at radius 2 is 1.16 bits per heavy atom. The fourth-order valence-electron chi connectivity index (χ4n) is 13.6. The zero-order valence-electron chi connectivity index (χ0n) is 45.1. The minimum Gasteiger partial charge on any atom is -0.464 e. The maximum atomic E-state index is 7.31. The normalized spacial score (nSPS) is 16.8. The largest absolute Gasteiger partial charge is 0.464 e. The molecule has 0 bridgehead atoms. The van der Waals surface area contributed by atoms with Gasteiger partial charge in [0.05, 0.1) is 12.0 Å². The minimum absolute atomic E-state index is 0.00818. The van der Waals surface area contributed by atoms with E-state index in [1.807, 2.05) is 6.26 Å². The van der Waals surface area contributed by atoms with Crippen LogP contribution in [0, 0.1) is 0 Å². The van der Waals surface area contributed by atoms with Gasteiger partial charge in [0.15, 0.2) is 0 Å². The summed E-state index contributed by atoms with van der Waals surface area (Å²) in [6, 6.07) is 55.9. The summed E-state index contributed by atoms with van der Waals surface area (Å²) < 4.78 is 13.7. The molecule has 8 aromatic carbocycles. The van der Waals surface area contributed by atoms with Gasteiger partial charge in [0.25, 0.3) is 0 Å². The van der Waals surface area contributed by atoms with Crippen LogP contribution in [0.5, 0.6) is 0 Å². The second-order valence-corrected chi connectivity index (χ2v) is 26.0. The standard InChI is InChI=1S/C69H65BN2O2/c1-65(2,3)42-22-25-44(26-23-42)72-57-38-52-47(48-35-53-54(37-51(48)69(52,11)12)68(9,10)30-29-67(53,7)8)34-50(57)62-63-59(36-49-45-20-16-17-21-60(45)74-64(49)62)71(58-32-41-28-31-73-61(41)39-55(58)70(63)72)56-27-24-43(66(4,5)6)33-46(56)40-18-14-13-15-19-40/h13-28,31-39H,29-30H2,1-12H3. The number of benzene rings is 8. The van der Waals surface area contributed by atoms with Crippen LogP contribution in [0.4, 0.5) is 28.4 Å². The van der Waals surface area contributed by atoms with Crippen LogP contribution in [-0.2, 0) is 27.1 Å². The van der Waals surface area contributed by atoms with Crippen LogP contribution in [0.2, 0.25) is 0 Å². The fourth-order valence-corrected chi connectivity index (χ4v) is 13.6. The van der Waals surface area contributed by atoms with Gasteiger partial charge in [-0.1, -0.05) is 156 Å². The molecule has 10 aromatic rings. The van der Waals surface area contributed by atoms with Gasteiger partial charge < -0.3 is 18.5 Å². The highest BCUT2D eigenvalue weighted by atomic mass is 16.3. The van der Waals surface area contributed by atoms with E-state index >= 15 is 0 Å². The zero-order valence-corrected chi connectivity index (χ0v) is 45.1. The van der Waals surface area contributed by atoms with E-state index in [9.17, 15) is 0 Å². The Morgan fingerprint density at radius 3 is 1.89 bits per heavy atom. The molecule has 5 heteroatoms. The number of furan rings is 2. The van der Waals surface area contributed by atoms with Crippen LogP contribution >= 0.6 is 0 Å². The highest BCUT2D eigenvalue weighted by molar-refractivity contribution is 6.94. The molecule has 4 aliphatic rings. The summed E-state index contributed by atoms with van der Waals surface area (Å²) >= 11 is 0. The Bertz CT molecular complexity index is 4020. The van der Waals surface area contributed by atoms with Gasteiger partial charge in [0.1, 0.15) is 16.7 Å². The van der Waals surface area contributed by atoms with Crippen molar-refractivity contribution in [2.24, 2.45) is 0 Å². The summed E-state index contributed by atoms with van der Waals surface area (Å²) in [5.41, 5.74) is 26.5. The molecule has 0 spiro atoms. The average molecular weight is 965 g/mol. The van der Waals surface area contributed by atoms with Crippen molar-refractivity contribution in [1.29, 1.82) is 0 Å². The quantitative estimate of drug-likeness (QED) is 0.165. The predicted octanol–water partition coefficient (Wildman–Crippen LogP) is 18.0. The van der Waals surface area contributed by atoms with Crippen LogP contribution in [0.15, 0.2) is 161 Å². The number of rotatable bonds is 3. The molecule has 0 radical (unpaired) electrons. The second kappa shape index (κ2) is 15.0. The van der Waals surface area contributed by atoms with Crippen molar-refractivity contribution in [2.45, 2.75) is 123 Å². The molecule has 366 valence electrons. The Balaban J connectivity index is 1.15. The summed E-state index contributed by atoms with van der Waals surface area (Å²) in [5, 5.41) is 3.31. The molecular formula is C69H65BN2O2. The molecule has 0 saturated heterocycles. The maximum Gasteiger partial charge on any atom is 0.333 e. The van der Waals surface area contributed by atoms with Gasteiger partial charge in [0, 0.05) is 61.0 Å². The summed E-state index contributed by atoms with van der Waals surface area (Å²) in [6.07, 6.45) is 4.19.